The van der Waals surface area contributed by atoms with Crippen molar-refractivity contribution < 1.29 is 14.7 Å². The number of hydrogen-bond donors (Lipinski definition) is 2. The molecule has 2 rings (SSSR count). The molecule has 0 aromatic rings. The van der Waals surface area contributed by atoms with Crippen LogP contribution in [0.1, 0.15) is 38.5 Å². The van der Waals surface area contributed by atoms with Gasteiger partial charge in [0.1, 0.15) is 0 Å². The zero-order valence-electron chi connectivity index (χ0n) is 11.6. The molecule has 19 heavy (non-hydrogen) atoms. The lowest BCUT2D eigenvalue weighted by Gasteiger charge is -2.35. The van der Waals surface area contributed by atoms with E-state index < -0.39 is 5.97 Å². The predicted molar refractivity (Wildman–Crippen MR) is 71.7 cm³/mol. The molecule has 0 aromatic carbocycles. The van der Waals surface area contributed by atoms with E-state index in [9.17, 15) is 9.59 Å². The van der Waals surface area contributed by atoms with E-state index in [0.717, 1.165) is 38.8 Å². The maximum absolute atomic E-state index is 12.4. The van der Waals surface area contributed by atoms with Crippen LogP contribution in [-0.4, -0.2) is 48.1 Å². The number of carboxylic acids is 1. The van der Waals surface area contributed by atoms with E-state index in [1.165, 1.54) is 0 Å². The van der Waals surface area contributed by atoms with Gasteiger partial charge in [0.2, 0.25) is 5.91 Å². The average molecular weight is 268 g/mol. The minimum Gasteiger partial charge on any atom is -0.481 e. The van der Waals surface area contributed by atoms with Crippen LogP contribution in [0.15, 0.2) is 0 Å². The van der Waals surface area contributed by atoms with Crippen LogP contribution in [0.25, 0.3) is 0 Å². The number of carboxylic acid groups (broad SMARTS) is 1. The summed E-state index contributed by atoms with van der Waals surface area (Å²) < 4.78 is 0. The fraction of sp³-hybridized carbons (Fsp3) is 0.857. The molecule has 0 aromatic heterocycles. The summed E-state index contributed by atoms with van der Waals surface area (Å²) in [5.74, 6) is -0.697. The van der Waals surface area contributed by atoms with Crippen LogP contribution in [0.5, 0.6) is 0 Å². The molecule has 0 radical (unpaired) electrons. The van der Waals surface area contributed by atoms with E-state index in [4.69, 9.17) is 5.11 Å². The Kier molecular flexibility index (Phi) is 4.80. The number of nitrogens with one attached hydrogen (secondary N) is 1. The van der Waals surface area contributed by atoms with Crippen molar-refractivity contribution in [3.8, 4) is 0 Å². The van der Waals surface area contributed by atoms with Gasteiger partial charge in [-0.15, -0.1) is 0 Å². The third-order valence-corrected chi connectivity index (χ3v) is 4.63. The molecule has 2 fully saturated rings. The summed E-state index contributed by atoms with van der Waals surface area (Å²) in [6, 6.07) is 0.353. The summed E-state index contributed by atoms with van der Waals surface area (Å²) in [5, 5.41) is 12.3. The topological polar surface area (TPSA) is 69.6 Å². The Labute approximate surface area is 114 Å². The lowest BCUT2D eigenvalue weighted by Crippen LogP contribution is -2.46. The number of piperidine rings is 1. The van der Waals surface area contributed by atoms with Gasteiger partial charge in [0.15, 0.2) is 0 Å². The highest BCUT2D eigenvalue weighted by molar-refractivity contribution is 5.79. The third kappa shape index (κ3) is 3.47. The van der Waals surface area contributed by atoms with Gasteiger partial charge in [-0.05, 0) is 51.6 Å². The van der Waals surface area contributed by atoms with Crippen molar-refractivity contribution in [3.63, 3.8) is 0 Å². The van der Waals surface area contributed by atoms with Crippen LogP contribution in [0, 0.1) is 11.8 Å². The summed E-state index contributed by atoms with van der Waals surface area (Å²) >= 11 is 0. The maximum Gasteiger partial charge on any atom is 0.306 e. The number of rotatable bonds is 3. The third-order valence-electron chi connectivity index (χ3n) is 4.63. The fourth-order valence-corrected chi connectivity index (χ4v) is 3.25. The number of nitrogens with zero attached hydrogens (tertiary/aromatic N) is 1. The number of amides is 1. The molecule has 0 spiro atoms. The highest BCUT2D eigenvalue weighted by atomic mass is 16.4. The van der Waals surface area contributed by atoms with Gasteiger partial charge < -0.3 is 15.3 Å². The SMILES string of the molecule is CN(C(=O)C1CCC(C(=O)O)CC1)C1CCNCC1. The molecule has 2 aliphatic rings. The van der Waals surface area contributed by atoms with Crippen LogP contribution in [0.3, 0.4) is 0 Å². The second-order valence-corrected chi connectivity index (χ2v) is 5.82. The molecule has 108 valence electrons. The van der Waals surface area contributed by atoms with E-state index >= 15 is 0 Å². The van der Waals surface area contributed by atoms with Crippen LogP contribution in [0.4, 0.5) is 0 Å². The lowest BCUT2D eigenvalue weighted by molar-refractivity contribution is -0.146. The first kappa shape index (κ1) is 14.3. The summed E-state index contributed by atoms with van der Waals surface area (Å²) in [7, 11) is 1.90. The molecule has 1 heterocycles. The summed E-state index contributed by atoms with van der Waals surface area (Å²) in [6.07, 6.45) is 4.78. The number of carbonyl (C=O) groups is 2. The molecule has 0 bridgehead atoms. The van der Waals surface area contributed by atoms with Crippen LogP contribution in [0.2, 0.25) is 0 Å². The summed E-state index contributed by atoms with van der Waals surface area (Å²) in [5.41, 5.74) is 0. The largest absolute Gasteiger partial charge is 0.481 e. The van der Waals surface area contributed by atoms with Crippen LogP contribution >= 0.6 is 0 Å². The van der Waals surface area contributed by atoms with Gasteiger partial charge in [-0.25, -0.2) is 0 Å². The minimum atomic E-state index is -0.711. The van der Waals surface area contributed by atoms with Crippen molar-refractivity contribution in [3.05, 3.63) is 0 Å². The second-order valence-electron chi connectivity index (χ2n) is 5.82. The molecular weight excluding hydrogens is 244 g/mol. The maximum atomic E-state index is 12.4. The summed E-state index contributed by atoms with van der Waals surface area (Å²) in [4.78, 5) is 25.3. The van der Waals surface area contributed by atoms with E-state index in [-0.39, 0.29) is 17.7 Å². The first-order valence-electron chi connectivity index (χ1n) is 7.29. The Bertz CT molecular complexity index is 332. The zero-order valence-corrected chi connectivity index (χ0v) is 11.6. The molecule has 1 aliphatic heterocycles. The van der Waals surface area contributed by atoms with Crippen molar-refractivity contribution >= 4 is 11.9 Å². The van der Waals surface area contributed by atoms with Crippen molar-refractivity contribution in [2.45, 2.75) is 44.6 Å². The highest BCUT2D eigenvalue weighted by Crippen LogP contribution is 2.30. The van der Waals surface area contributed by atoms with Crippen molar-refractivity contribution in [2.75, 3.05) is 20.1 Å². The second kappa shape index (κ2) is 6.37. The van der Waals surface area contributed by atoms with Crippen molar-refractivity contribution in [1.82, 2.24) is 10.2 Å². The monoisotopic (exact) mass is 268 g/mol. The first-order chi connectivity index (χ1) is 9.09. The van der Waals surface area contributed by atoms with Crippen LogP contribution < -0.4 is 5.32 Å². The number of aliphatic carboxylic acids is 1. The average Bonchev–Trinajstić information content (AvgIpc) is 2.46. The summed E-state index contributed by atoms with van der Waals surface area (Å²) in [6.45, 7) is 1.96. The molecule has 5 nitrogen and oxygen atoms in total. The Morgan fingerprint density at radius 3 is 2.05 bits per heavy atom. The Hall–Kier alpha value is -1.10. The van der Waals surface area contributed by atoms with E-state index in [1.54, 1.807) is 0 Å². The zero-order chi connectivity index (χ0) is 13.8. The van der Waals surface area contributed by atoms with Gasteiger partial charge in [-0.1, -0.05) is 0 Å². The Morgan fingerprint density at radius 1 is 1.00 bits per heavy atom. The van der Waals surface area contributed by atoms with Crippen molar-refractivity contribution in [2.24, 2.45) is 11.8 Å². The van der Waals surface area contributed by atoms with E-state index in [2.05, 4.69) is 5.32 Å². The predicted octanol–water partition coefficient (Wildman–Crippen LogP) is 1.09. The highest BCUT2D eigenvalue weighted by Gasteiger charge is 2.33. The first-order valence-corrected chi connectivity index (χ1v) is 7.29. The van der Waals surface area contributed by atoms with Gasteiger partial charge in [-0.3, -0.25) is 9.59 Å². The fourth-order valence-electron chi connectivity index (χ4n) is 3.25. The van der Waals surface area contributed by atoms with E-state index in [0.29, 0.717) is 18.9 Å². The standard InChI is InChI=1S/C14H24N2O3/c1-16(12-6-8-15-9-7-12)13(17)10-2-4-11(5-3-10)14(18)19/h10-12,15H,2-9H2,1H3,(H,18,19). The van der Waals surface area contributed by atoms with Gasteiger partial charge in [0.25, 0.3) is 0 Å². The quantitative estimate of drug-likeness (QED) is 0.804. The number of carbonyl (C=O) groups excluding carboxylic acids is 1. The smallest absolute Gasteiger partial charge is 0.306 e. The Balaban J connectivity index is 1.84. The van der Waals surface area contributed by atoms with Gasteiger partial charge in [-0.2, -0.15) is 0 Å². The van der Waals surface area contributed by atoms with E-state index in [1.807, 2.05) is 11.9 Å². The molecule has 5 heteroatoms. The van der Waals surface area contributed by atoms with Gasteiger partial charge in [0.05, 0.1) is 5.92 Å². The molecule has 1 aliphatic carbocycles. The van der Waals surface area contributed by atoms with Gasteiger partial charge in [0, 0.05) is 19.0 Å². The molecule has 1 amide bonds. The van der Waals surface area contributed by atoms with Crippen LogP contribution in [-0.2, 0) is 9.59 Å². The normalized spacial score (nSPS) is 28.9. The molecule has 1 saturated heterocycles. The number of hydrogen-bond acceptors (Lipinski definition) is 3. The molecule has 0 unspecified atom stereocenters. The molecule has 1 saturated carbocycles. The Morgan fingerprint density at radius 2 is 1.53 bits per heavy atom. The molecule has 0 atom stereocenters. The molecule has 2 N–H and O–H groups in total. The van der Waals surface area contributed by atoms with Gasteiger partial charge >= 0.3 is 5.97 Å². The molecular formula is C14H24N2O3. The minimum absolute atomic E-state index is 0.0375. The lowest BCUT2D eigenvalue weighted by atomic mass is 9.81. The van der Waals surface area contributed by atoms with Crippen molar-refractivity contribution in [1.29, 1.82) is 0 Å².